The number of piperazine rings is 1. The Morgan fingerprint density at radius 3 is 2.49 bits per heavy atom. The fourth-order valence-electron chi connectivity index (χ4n) is 4.94. The average molecular weight is 598 g/mol. The molecule has 11 nitrogen and oxygen atoms in total. The highest BCUT2D eigenvalue weighted by atomic mass is 32.1. The molecule has 1 aliphatic rings. The van der Waals surface area contributed by atoms with Gasteiger partial charge in [0.2, 0.25) is 0 Å². The van der Waals surface area contributed by atoms with Crippen LogP contribution in [0.15, 0.2) is 72.5 Å². The van der Waals surface area contributed by atoms with Crippen LogP contribution in [0.3, 0.4) is 0 Å². The number of amides is 2. The smallest absolute Gasteiger partial charge is 0.325 e. The molecule has 1 fully saturated rings. The number of rotatable bonds is 10. The molecule has 0 unspecified atom stereocenters. The number of carbonyl (C=O) groups is 1. The van der Waals surface area contributed by atoms with E-state index < -0.39 is 0 Å². The monoisotopic (exact) mass is 597 g/mol. The minimum Gasteiger partial charge on any atom is -0.494 e. The van der Waals surface area contributed by atoms with Crippen molar-refractivity contribution < 1.29 is 9.53 Å². The summed E-state index contributed by atoms with van der Waals surface area (Å²) >= 11 is 1.36. The third kappa shape index (κ3) is 7.28. The van der Waals surface area contributed by atoms with Gasteiger partial charge in [-0.1, -0.05) is 0 Å². The first kappa shape index (κ1) is 28.6. The summed E-state index contributed by atoms with van der Waals surface area (Å²) in [5, 5.41) is 8.84. The van der Waals surface area contributed by atoms with Gasteiger partial charge in [-0.3, -0.25) is 10.7 Å². The van der Waals surface area contributed by atoms with Crippen LogP contribution in [-0.2, 0) is 0 Å². The Balaban J connectivity index is 1.06. The minimum atomic E-state index is -0.340. The van der Waals surface area contributed by atoms with Crippen molar-refractivity contribution in [2.75, 3.05) is 62.4 Å². The van der Waals surface area contributed by atoms with Gasteiger partial charge in [0.25, 0.3) is 0 Å². The van der Waals surface area contributed by atoms with Crippen LogP contribution >= 0.6 is 11.3 Å². The number of nitrogens with one attached hydrogen (secondary N) is 3. The summed E-state index contributed by atoms with van der Waals surface area (Å²) in [5.74, 6) is 1.49. The molecule has 0 bridgehead atoms. The Hall–Kier alpha value is -4.52. The molecule has 0 radical (unpaired) electrons. The van der Waals surface area contributed by atoms with E-state index >= 15 is 0 Å². The van der Waals surface area contributed by atoms with Gasteiger partial charge in [0.15, 0.2) is 16.6 Å². The van der Waals surface area contributed by atoms with Gasteiger partial charge in [0, 0.05) is 73.3 Å². The van der Waals surface area contributed by atoms with Gasteiger partial charge in [-0.2, -0.15) is 0 Å². The fourth-order valence-corrected chi connectivity index (χ4v) is 5.47. The quantitative estimate of drug-likeness (QED) is 0.184. The second-order valence-corrected chi connectivity index (χ2v) is 11.5. The van der Waals surface area contributed by atoms with Crippen molar-refractivity contribution in [3.05, 3.63) is 78.1 Å². The highest BCUT2D eigenvalue weighted by Crippen LogP contribution is 2.25. The Morgan fingerprint density at radius 1 is 0.977 bits per heavy atom. The number of fused-ring (bicyclic) bond motifs is 1. The second kappa shape index (κ2) is 13.2. The van der Waals surface area contributed by atoms with E-state index in [9.17, 15) is 4.79 Å². The molecule has 1 aliphatic heterocycles. The van der Waals surface area contributed by atoms with Crippen molar-refractivity contribution in [2.24, 2.45) is 0 Å². The van der Waals surface area contributed by atoms with Crippen LogP contribution < -0.4 is 20.8 Å². The van der Waals surface area contributed by atoms with E-state index in [1.807, 2.05) is 72.5 Å². The van der Waals surface area contributed by atoms with Gasteiger partial charge >= 0.3 is 6.03 Å². The van der Waals surface area contributed by atoms with Crippen molar-refractivity contribution in [2.45, 2.75) is 13.3 Å². The minimum absolute atomic E-state index is 0.340. The standard InChI is InChI=1S/C31H35N9O2S/c1-22-21-40(37-25-8-6-24(7-9-25)34-30(41)36-31-32-12-19-43-31)29-27(22)20-33-28(35-29)23-4-10-26(11-5-23)42-18-3-13-39-16-14-38(2)15-17-39/h4-12,19-21,37H,3,13-18H2,1-2H3,(H2,32,34,36,41). The molecule has 3 aromatic heterocycles. The summed E-state index contributed by atoms with van der Waals surface area (Å²) in [6.45, 7) is 8.34. The van der Waals surface area contributed by atoms with Crippen molar-refractivity contribution >= 4 is 44.9 Å². The maximum absolute atomic E-state index is 12.2. The van der Waals surface area contributed by atoms with Gasteiger partial charge in [-0.15, -0.1) is 11.3 Å². The number of aromatic nitrogens is 4. The zero-order valence-corrected chi connectivity index (χ0v) is 25.1. The molecule has 5 aromatic rings. The predicted octanol–water partition coefficient (Wildman–Crippen LogP) is 5.40. The Bertz CT molecular complexity index is 1650. The third-order valence-electron chi connectivity index (χ3n) is 7.39. The Kier molecular flexibility index (Phi) is 8.77. The lowest BCUT2D eigenvalue weighted by Crippen LogP contribution is -2.44. The molecule has 1 saturated heterocycles. The molecule has 3 N–H and O–H groups in total. The summed E-state index contributed by atoms with van der Waals surface area (Å²) in [5.41, 5.74) is 7.66. The van der Waals surface area contributed by atoms with Crippen molar-refractivity contribution in [1.29, 1.82) is 0 Å². The normalized spacial score (nSPS) is 14.1. The lowest BCUT2D eigenvalue weighted by Gasteiger charge is -2.32. The van der Waals surface area contributed by atoms with Crippen LogP contribution in [-0.4, -0.2) is 81.8 Å². The summed E-state index contributed by atoms with van der Waals surface area (Å²) in [6, 6.07) is 15.1. The van der Waals surface area contributed by atoms with Gasteiger partial charge < -0.3 is 19.9 Å². The number of nitrogens with zero attached hydrogens (tertiary/aromatic N) is 6. The Morgan fingerprint density at radius 2 is 1.74 bits per heavy atom. The molecule has 12 heteroatoms. The summed E-state index contributed by atoms with van der Waals surface area (Å²) in [6.07, 6.45) is 6.51. The number of thiazole rings is 1. The van der Waals surface area contributed by atoms with E-state index in [2.05, 4.69) is 42.9 Å². The van der Waals surface area contributed by atoms with Gasteiger partial charge in [0.05, 0.1) is 12.3 Å². The van der Waals surface area contributed by atoms with E-state index in [4.69, 9.17) is 9.72 Å². The number of urea groups is 1. The van der Waals surface area contributed by atoms with Crippen LogP contribution in [0.2, 0.25) is 0 Å². The fraction of sp³-hybridized carbons (Fsp3) is 0.290. The number of hydrogen-bond donors (Lipinski definition) is 3. The molecule has 2 amide bonds. The molecular formula is C31H35N9O2S. The number of likely N-dealkylation sites (N-methyl/N-ethyl adjacent to an activating group) is 1. The summed E-state index contributed by atoms with van der Waals surface area (Å²) < 4.78 is 7.89. The van der Waals surface area contributed by atoms with Crippen LogP contribution in [0.1, 0.15) is 12.0 Å². The number of hydrogen-bond acceptors (Lipinski definition) is 9. The molecule has 6 rings (SSSR count). The lowest BCUT2D eigenvalue weighted by molar-refractivity contribution is 0.145. The lowest BCUT2D eigenvalue weighted by atomic mass is 10.2. The topological polar surface area (TPSA) is 112 Å². The first-order chi connectivity index (χ1) is 21.0. The highest BCUT2D eigenvalue weighted by molar-refractivity contribution is 7.13. The summed E-state index contributed by atoms with van der Waals surface area (Å²) in [7, 11) is 2.18. The maximum atomic E-state index is 12.2. The van der Waals surface area contributed by atoms with Crippen molar-refractivity contribution in [1.82, 2.24) is 29.4 Å². The third-order valence-corrected chi connectivity index (χ3v) is 8.07. The van der Waals surface area contributed by atoms with Gasteiger partial charge in [-0.05, 0) is 74.5 Å². The molecule has 0 aliphatic carbocycles. The molecule has 222 valence electrons. The molecule has 0 atom stereocenters. The van der Waals surface area contributed by atoms with E-state index in [1.54, 1.807) is 11.6 Å². The number of benzene rings is 2. The van der Waals surface area contributed by atoms with E-state index in [0.717, 1.165) is 72.7 Å². The maximum Gasteiger partial charge on any atom is 0.325 e. The summed E-state index contributed by atoms with van der Waals surface area (Å²) in [4.78, 5) is 30.7. The SMILES string of the molecule is Cc1cn(Nc2ccc(NC(=O)Nc3nccs3)cc2)c2nc(-c3ccc(OCCCN4CCN(C)CC4)cc3)ncc12. The second-order valence-electron chi connectivity index (χ2n) is 10.6. The number of aryl methyl sites for hydroxylation is 1. The first-order valence-corrected chi connectivity index (χ1v) is 15.2. The zero-order chi connectivity index (χ0) is 29.6. The van der Waals surface area contributed by atoms with E-state index in [0.29, 0.717) is 23.3 Å². The van der Waals surface area contributed by atoms with E-state index in [-0.39, 0.29) is 6.03 Å². The van der Waals surface area contributed by atoms with Crippen molar-refractivity contribution in [3.8, 4) is 17.1 Å². The van der Waals surface area contributed by atoms with Crippen LogP contribution in [0.4, 0.5) is 21.3 Å². The Labute approximate surface area is 254 Å². The van der Waals surface area contributed by atoms with Crippen LogP contribution in [0, 0.1) is 6.92 Å². The number of carbonyl (C=O) groups excluding carboxylic acids is 1. The molecule has 43 heavy (non-hydrogen) atoms. The van der Waals surface area contributed by atoms with Crippen LogP contribution in [0.5, 0.6) is 5.75 Å². The molecular weight excluding hydrogens is 562 g/mol. The zero-order valence-electron chi connectivity index (χ0n) is 24.3. The highest BCUT2D eigenvalue weighted by Gasteiger charge is 2.14. The number of ether oxygens (including phenoxy) is 1. The molecule has 2 aromatic carbocycles. The molecule has 0 saturated carbocycles. The first-order valence-electron chi connectivity index (χ1n) is 14.3. The van der Waals surface area contributed by atoms with E-state index in [1.165, 1.54) is 11.3 Å². The van der Waals surface area contributed by atoms with Crippen LogP contribution in [0.25, 0.3) is 22.4 Å². The largest absolute Gasteiger partial charge is 0.494 e. The molecule has 0 spiro atoms. The van der Waals surface area contributed by atoms with Gasteiger partial charge in [-0.25, -0.2) is 24.4 Å². The van der Waals surface area contributed by atoms with Gasteiger partial charge in [0.1, 0.15) is 5.75 Å². The molecule has 4 heterocycles. The average Bonchev–Trinajstić information content (AvgIpc) is 3.64. The number of anilines is 3. The predicted molar refractivity (Wildman–Crippen MR) is 172 cm³/mol. The van der Waals surface area contributed by atoms with Crippen molar-refractivity contribution in [3.63, 3.8) is 0 Å².